The molecule has 6 nitrogen and oxygen atoms in total. The first-order chi connectivity index (χ1) is 10.5. The molecular weight excluding hydrogens is 282 g/mol. The van der Waals surface area contributed by atoms with E-state index in [0.29, 0.717) is 12.1 Å². The number of benzene rings is 2. The van der Waals surface area contributed by atoms with Gasteiger partial charge in [0.05, 0.1) is 16.3 Å². The molecule has 2 aromatic rings. The third-order valence-electron chi connectivity index (χ3n) is 3.26. The first kappa shape index (κ1) is 15.5. The van der Waals surface area contributed by atoms with Gasteiger partial charge in [0.25, 0.3) is 5.69 Å². The summed E-state index contributed by atoms with van der Waals surface area (Å²) in [5.74, 6) is 0.252. The number of non-ortho nitro benzene ring substituents is 1. The fraction of sp³-hybridized carbons (Fsp3) is 0.188. The van der Waals surface area contributed by atoms with E-state index < -0.39 is 4.92 Å². The van der Waals surface area contributed by atoms with Crippen molar-refractivity contribution in [3.8, 4) is 5.75 Å². The molecule has 2 N–H and O–H groups in total. The average Bonchev–Trinajstić information content (AvgIpc) is 2.51. The number of nitrogens with zero attached hydrogens (tertiary/aromatic N) is 2. The predicted octanol–water partition coefficient (Wildman–Crippen LogP) is 3.84. The molecule has 0 saturated carbocycles. The molecule has 0 aromatic heterocycles. The number of phenols is 1. The number of aryl methyl sites for hydroxylation is 1. The summed E-state index contributed by atoms with van der Waals surface area (Å²) in [6, 6.07) is 11.4. The molecule has 0 aliphatic heterocycles. The largest absolute Gasteiger partial charge is 0.508 e. The van der Waals surface area contributed by atoms with Gasteiger partial charge in [-0.15, -0.1) is 0 Å². The highest BCUT2D eigenvalue weighted by molar-refractivity contribution is 6.01. The highest BCUT2D eigenvalue weighted by atomic mass is 16.6. The normalized spacial score (nSPS) is 11.3. The van der Waals surface area contributed by atoms with Crippen molar-refractivity contribution < 1.29 is 10.0 Å². The predicted molar refractivity (Wildman–Crippen MR) is 86.4 cm³/mol. The van der Waals surface area contributed by atoms with Gasteiger partial charge in [-0.3, -0.25) is 15.5 Å². The summed E-state index contributed by atoms with van der Waals surface area (Å²) < 4.78 is 0. The molecule has 0 spiro atoms. The van der Waals surface area contributed by atoms with Gasteiger partial charge < -0.3 is 5.11 Å². The molecule has 2 rings (SSSR count). The van der Waals surface area contributed by atoms with Crippen LogP contribution in [-0.2, 0) is 0 Å². The third-order valence-corrected chi connectivity index (χ3v) is 3.26. The van der Waals surface area contributed by atoms with E-state index in [1.54, 1.807) is 18.2 Å². The lowest BCUT2D eigenvalue weighted by molar-refractivity contribution is -0.384. The molecule has 22 heavy (non-hydrogen) atoms. The second-order valence-corrected chi connectivity index (χ2v) is 4.83. The minimum atomic E-state index is -0.441. The monoisotopic (exact) mass is 299 g/mol. The van der Waals surface area contributed by atoms with Crippen LogP contribution < -0.4 is 5.43 Å². The van der Waals surface area contributed by atoms with Crippen molar-refractivity contribution in [3.05, 3.63) is 63.7 Å². The van der Waals surface area contributed by atoms with Gasteiger partial charge in [0.2, 0.25) is 0 Å². The zero-order valence-corrected chi connectivity index (χ0v) is 12.4. The summed E-state index contributed by atoms with van der Waals surface area (Å²) in [7, 11) is 0. The molecule has 0 unspecified atom stereocenters. The quantitative estimate of drug-likeness (QED) is 0.499. The minimum Gasteiger partial charge on any atom is -0.508 e. The first-order valence-electron chi connectivity index (χ1n) is 6.88. The van der Waals surface area contributed by atoms with Crippen molar-refractivity contribution in [3.63, 3.8) is 0 Å². The molecule has 6 heteroatoms. The van der Waals surface area contributed by atoms with Crippen molar-refractivity contribution >= 4 is 17.1 Å². The van der Waals surface area contributed by atoms with Crippen molar-refractivity contribution in [1.82, 2.24) is 0 Å². The Morgan fingerprint density at radius 1 is 1.27 bits per heavy atom. The van der Waals surface area contributed by atoms with Gasteiger partial charge in [-0.2, -0.15) is 5.10 Å². The summed E-state index contributed by atoms with van der Waals surface area (Å²) in [6.45, 7) is 3.81. The maximum atomic E-state index is 10.6. The number of rotatable bonds is 5. The van der Waals surface area contributed by atoms with Gasteiger partial charge in [-0.1, -0.05) is 6.92 Å². The van der Waals surface area contributed by atoms with Crippen LogP contribution in [0.5, 0.6) is 5.75 Å². The summed E-state index contributed by atoms with van der Waals surface area (Å²) in [6.07, 6.45) is 0.712. The van der Waals surface area contributed by atoms with Gasteiger partial charge in [0.15, 0.2) is 0 Å². The van der Waals surface area contributed by atoms with Crippen LogP contribution in [0.3, 0.4) is 0 Å². The number of nitrogens with one attached hydrogen (secondary N) is 1. The van der Waals surface area contributed by atoms with E-state index in [9.17, 15) is 15.2 Å². The van der Waals surface area contributed by atoms with Crippen molar-refractivity contribution in [2.24, 2.45) is 5.10 Å². The Bertz CT molecular complexity index is 709. The van der Waals surface area contributed by atoms with Crippen molar-refractivity contribution in [1.29, 1.82) is 0 Å². The van der Waals surface area contributed by atoms with E-state index >= 15 is 0 Å². The maximum absolute atomic E-state index is 10.6. The van der Waals surface area contributed by atoms with E-state index in [0.717, 1.165) is 16.8 Å². The smallest absolute Gasteiger partial charge is 0.269 e. The van der Waals surface area contributed by atoms with Crippen LogP contribution >= 0.6 is 0 Å². The summed E-state index contributed by atoms with van der Waals surface area (Å²) in [5.41, 5.74) is 6.16. The lowest BCUT2D eigenvalue weighted by Crippen LogP contribution is -2.03. The van der Waals surface area contributed by atoms with Crippen LogP contribution in [0, 0.1) is 17.0 Å². The van der Waals surface area contributed by atoms with E-state index in [4.69, 9.17) is 0 Å². The van der Waals surface area contributed by atoms with Gasteiger partial charge in [0.1, 0.15) is 5.75 Å². The van der Waals surface area contributed by atoms with E-state index in [1.165, 1.54) is 12.1 Å². The number of hydrogen-bond acceptors (Lipinski definition) is 5. The number of nitro groups is 1. The van der Waals surface area contributed by atoms with Crippen LogP contribution in [0.4, 0.5) is 11.4 Å². The lowest BCUT2D eigenvalue weighted by Gasteiger charge is -2.08. The molecule has 0 saturated heterocycles. The Morgan fingerprint density at radius 2 is 1.95 bits per heavy atom. The minimum absolute atomic E-state index is 0.0411. The van der Waals surface area contributed by atoms with Crippen LogP contribution in [0.1, 0.15) is 24.5 Å². The zero-order valence-electron chi connectivity index (χ0n) is 12.4. The van der Waals surface area contributed by atoms with E-state index in [1.807, 2.05) is 26.0 Å². The van der Waals surface area contributed by atoms with Gasteiger partial charge >= 0.3 is 0 Å². The van der Waals surface area contributed by atoms with Crippen LogP contribution in [0.2, 0.25) is 0 Å². The molecule has 0 bridgehead atoms. The molecule has 0 aliphatic carbocycles. The Balaban J connectivity index is 2.18. The molecule has 114 valence electrons. The molecule has 0 atom stereocenters. The van der Waals surface area contributed by atoms with E-state index in [2.05, 4.69) is 10.5 Å². The fourth-order valence-electron chi connectivity index (χ4n) is 1.97. The number of aromatic hydroxyl groups is 1. The molecule has 0 radical (unpaired) electrons. The summed E-state index contributed by atoms with van der Waals surface area (Å²) in [5, 5.41) is 24.5. The molecule has 2 aromatic carbocycles. The van der Waals surface area contributed by atoms with Gasteiger partial charge in [-0.25, -0.2) is 0 Å². The first-order valence-corrected chi connectivity index (χ1v) is 6.88. The number of phenolic OH excluding ortho intramolecular Hbond substituents is 1. The summed E-state index contributed by atoms with van der Waals surface area (Å²) in [4.78, 5) is 10.2. The second-order valence-electron chi connectivity index (χ2n) is 4.83. The Morgan fingerprint density at radius 3 is 2.50 bits per heavy atom. The van der Waals surface area contributed by atoms with Gasteiger partial charge in [0, 0.05) is 12.1 Å². The Kier molecular flexibility index (Phi) is 4.73. The molecule has 0 fully saturated rings. The second kappa shape index (κ2) is 6.71. The molecule has 0 heterocycles. The van der Waals surface area contributed by atoms with Crippen LogP contribution in [0.25, 0.3) is 0 Å². The molecule has 0 amide bonds. The number of hydrazone groups is 1. The zero-order chi connectivity index (χ0) is 16.1. The Hall–Kier alpha value is -2.89. The standard InChI is InChI=1S/C16H17N3O3/c1-3-15(12-4-9-16(20)11(2)10-12)18-17-13-5-7-14(8-6-13)19(21)22/h4-10,17,20H,3H2,1-2H3/b18-15-. The topological polar surface area (TPSA) is 87.8 Å². The molecular formula is C16H17N3O3. The summed E-state index contributed by atoms with van der Waals surface area (Å²) >= 11 is 0. The van der Waals surface area contributed by atoms with Gasteiger partial charge in [-0.05, 0) is 54.8 Å². The lowest BCUT2D eigenvalue weighted by atomic mass is 10.1. The van der Waals surface area contributed by atoms with Crippen molar-refractivity contribution in [2.75, 3.05) is 5.43 Å². The number of hydrogen-bond donors (Lipinski definition) is 2. The fourth-order valence-corrected chi connectivity index (χ4v) is 1.97. The number of anilines is 1. The SMILES string of the molecule is CC/C(=N/Nc1ccc([N+](=O)[O-])cc1)c1ccc(O)c(C)c1. The maximum Gasteiger partial charge on any atom is 0.269 e. The number of nitro benzene ring substituents is 1. The Labute approximate surface area is 128 Å². The average molecular weight is 299 g/mol. The van der Waals surface area contributed by atoms with Crippen LogP contribution in [0.15, 0.2) is 47.6 Å². The highest BCUT2D eigenvalue weighted by Gasteiger charge is 2.06. The highest BCUT2D eigenvalue weighted by Crippen LogP contribution is 2.19. The van der Waals surface area contributed by atoms with Crippen molar-refractivity contribution in [2.45, 2.75) is 20.3 Å². The molecule has 0 aliphatic rings. The van der Waals surface area contributed by atoms with E-state index in [-0.39, 0.29) is 11.4 Å². The third kappa shape index (κ3) is 3.60. The van der Waals surface area contributed by atoms with Crippen LogP contribution in [-0.4, -0.2) is 15.7 Å².